The molecular formula is C12H21F7O2Si. The Balaban J connectivity index is 4.84. The molecule has 0 spiro atoms. The molecule has 0 aromatic rings. The number of rotatable bonds is 10. The molecule has 0 aliphatic rings. The van der Waals surface area contributed by atoms with Gasteiger partial charge < -0.3 is 8.85 Å². The molecule has 0 atom stereocenters. The first-order valence-electron chi connectivity index (χ1n) is 6.99. The van der Waals surface area contributed by atoms with Crippen molar-refractivity contribution in [3.63, 3.8) is 0 Å². The Morgan fingerprint density at radius 1 is 0.818 bits per heavy atom. The lowest BCUT2D eigenvalue weighted by Gasteiger charge is -2.31. The first kappa shape index (κ1) is 21.6. The summed E-state index contributed by atoms with van der Waals surface area (Å²) in [6.45, 7) is 5.57. The van der Waals surface area contributed by atoms with Gasteiger partial charge in [-0.15, -0.1) is 0 Å². The van der Waals surface area contributed by atoms with Crippen LogP contribution >= 0.6 is 0 Å². The highest BCUT2D eigenvalue weighted by Gasteiger charge is 2.72. The molecule has 2 nitrogen and oxygen atoms in total. The van der Waals surface area contributed by atoms with Crippen molar-refractivity contribution in [1.82, 2.24) is 0 Å². The summed E-state index contributed by atoms with van der Waals surface area (Å²) in [6, 6.07) is 0.338. The highest BCUT2D eigenvalue weighted by Crippen LogP contribution is 2.48. The highest BCUT2D eigenvalue weighted by molar-refractivity contribution is 6.67. The molecule has 0 heterocycles. The zero-order valence-electron chi connectivity index (χ0n) is 12.7. The molecule has 0 radical (unpaired) electrons. The molecule has 0 aromatic heterocycles. The van der Waals surface area contributed by atoms with E-state index in [9.17, 15) is 30.7 Å². The standard InChI is InChI=1S/C12H21F7O2Si/c1-4-20-22(6-3,21-5-2)9-7-8-10(13,14)11(15,16)12(17,18)19/h4-9H2,1-3H3. The molecule has 0 fully saturated rings. The Hall–Kier alpha value is -0.353. The van der Waals surface area contributed by atoms with Gasteiger partial charge in [-0.2, -0.15) is 30.7 Å². The van der Waals surface area contributed by atoms with Crippen molar-refractivity contribution in [2.45, 2.75) is 63.7 Å². The van der Waals surface area contributed by atoms with Crippen LogP contribution in [0.5, 0.6) is 0 Å². The molecule has 0 aromatic carbocycles. The maximum absolute atomic E-state index is 13.2. The van der Waals surface area contributed by atoms with Crippen LogP contribution in [0.25, 0.3) is 0 Å². The molecule has 22 heavy (non-hydrogen) atoms. The third-order valence-corrected chi connectivity index (χ3v) is 7.04. The Bertz CT molecular complexity index is 328. The molecule has 0 bridgehead atoms. The largest absolute Gasteiger partial charge is 0.459 e. The van der Waals surface area contributed by atoms with E-state index in [-0.39, 0.29) is 19.3 Å². The fourth-order valence-electron chi connectivity index (χ4n) is 2.04. The monoisotopic (exact) mass is 358 g/mol. The van der Waals surface area contributed by atoms with E-state index in [1.165, 1.54) is 0 Å². The SMILES string of the molecule is CCO[Si](CC)(CCCC(F)(F)C(F)(F)C(F)(F)F)OCC. The van der Waals surface area contributed by atoms with Gasteiger partial charge in [0.1, 0.15) is 0 Å². The van der Waals surface area contributed by atoms with E-state index < -0.39 is 39.4 Å². The van der Waals surface area contributed by atoms with Crippen molar-refractivity contribution in [1.29, 1.82) is 0 Å². The van der Waals surface area contributed by atoms with Crippen molar-refractivity contribution < 1.29 is 39.6 Å². The van der Waals surface area contributed by atoms with Gasteiger partial charge in [-0.05, 0) is 32.4 Å². The summed E-state index contributed by atoms with van der Waals surface area (Å²) in [5, 5.41) is 0. The van der Waals surface area contributed by atoms with Crippen molar-refractivity contribution in [3.05, 3.63) is 0 Å². The lowest BCUT2D eigenvalue weighted by molar-refractivity contribution is -0.355. The average Bonchev–Trinajstić information content (AvgIpc) is 2.37. The van der Waals surface area contributed by atoms with Crippen molar-refractivity contribution in [2.24, 2.45) is 0 Å². The van der Waals surface area contributed by atoms with Crippen LogP contribution in [0.1, 0.15) is 33.6 Å². The number of hydrogen-bond acceptors (Lipinski definition) is 2. The van der Waals surface area contributed by atoms with Gasteiger partial charge in [-0.1, -0.05) is 6.92 Å². The molecule has 0 amide bonds. The van der Waals surface area contributed by atoms with E-state index in [1.54, 1.807) is 20.8 Å². The number of halogens is 7. The van der Waals surface area contributed by atoms with Crippen LogP contribution in [-0.4, -0.2) is 39.8 Å². The summed E-state index contributed by atoms with van der Waals surface area (Å²) in [6.07, 6.45) is -8.39. The average molecular weight is 358 g/mol. The predicted octanol–water partition coefficient (Wildman–Crippen LogP) is 5.13. The van der Waals surface area contributed by atoms with Crippen LogP contribution in [0.15, 0.2) is 0 Å². The predicted molar refractivity (Wildman–Crippen MR) is 69.5 cm³/mol. The van der Waals surface area contributed by atoms with Gasteiger partial charge in [0, 0.05) is 19.6 Å². The van der Waals surface area contributed by atoms with E-state index in [1.807, 2.05) is 0 Å². The number of hydrogen-bond donors (Lipinski definition) is 0. The summed E-state index contributed by atoms with van der Waals surface area (Å²) in [4.78, 5) is 0. The van der Waals surface area contributed by atoms with E-state index in [0.717, 1.165) is 0 Å². The Labute approximate surface area is 126 Å². The maximum Gasteiger partial charge on any atom is 0.459 e. The van der Waals surface area contributed by atoms with Gasteiger partial charge in [0.2, 0.25) is 0 Å². The lowest BCUT2D eigenvalue weighted by Crippen LogP contribution is -2.52. The Morgan fingerprint density at radius 3 is 1.59 bits per heavy atom. The topological polar surface area (TPSA) is 18.5 Å². The molecule has 10 heteroatoms. The lowest BCUT2D eigenvalue weighted by atomic mass is 10.1. The first-order valence-corrected chi connectivity index (χ1v) is 9.22. The molecule has 134 valence electrons. The van der Waals surface area contributed by atoms with E-state index in [4.69, 9.17) is 8.85 Å². The van der Waals surface area contributed by atoms with Gasteiger partial charge in [0.25, 0.3) is 0 Å². The second kappa shape index (κ2) is 7.96. The summed E-state index contributed by atoms with van der Waals surface area (Å²) < 4.78 is 99.0. The first-order chi connectivity index (χ1) is 9.89. The second-order valence-corrected chi connectivity index (χ2v) is 8.37. The van der Waals surface area contributed by atoms with Crippen LogP contribution in [0.2, 0.25) is 12.1 Å². The minimum Gasteiger partial charge on any atom is -0.394 e. The zero-order chi connectivity index (χ0) is 17.7. The van der Waals surface area contributed by atoms with E-state index in [2.05, 4.69) is 0 Å². The quantitative estimate of drug-likeness (QED) is 0.398. The summed E-state index contributed by atoms with van der Waals surface area (Å²) in [5.41, 5.74) is 0. The second-order valence-electron chi connectivity index (χ2n) is 4.76. The Morgan fingerprint density at radius 2 is 1.27 bits per heavy atom. The highest BCUT2D eigenvalue weighted by atomic mass is 28.4. The van der Waals surface area contributed by atoms with E-state index >= 15 is 0 Å². The van der Waals surface area contributed by atoms with Crippen LogP contribution in [0.3, 0.4) is 0 Å². The van der Waals surface area contributed by atoms with Gasteiger partial charge >= 0.3 is 26.6 Å². The smallest absolute Gasteiger partial charge is 0.394 e. The maximum atomic E-state index is 13.2. The van der Waals surface area contributed by atoms with E-state index in [0.29, 0.717) is 6.04 Å². The fraction of sp³-hybridized carbons (Fsp3) is 1.00. The molecule has 0 N–H and O–H groups in total. The zero-order valence-corrected chi connectivity index (χ0v) is 13.7. The third kappa shape index (κ3) is 5.09. The molecule has 0 unspecified atom stereocenters. The van der Waals surface area contributed by atoms with Gasteiger partial charge in [-0.3, -0.25) is 0 Å². The minimum absolute atomic E-state index is 0.0608. The molecule has 0 aliphatic heterocycles. The molecule has 0 rings (SSSR count). The van der Waals surface area contributed by atoms with Crippen molar-refractivity contribution >= 4 is 8.56 Å². The minimum atomic E-state index is -6.28. The summed E-state index contributed by atoms with van der Waals surface area (Å²) in [5.74, 6) is -11.2. The van der Waals surface area contributed by atoms with Crippen LogP contribution in [0.4, 0.5) is 30.7 Å². The van der Waals surface area contributed by atoms with Crippen LogP contribution < -0.4 is 0 Å². The Kier molecular flexibility index (Phi) is 7.83. The number of alkyl halides is 7. The molecule has 0 saturated heterocycles. The van der Waals surface area contributed by atoms with Crippen LogP contribution in [-0.2, 0) is 8.85 Å². The molecular weight excluding hydrogens is 337 g/mol. The fourth-order valence-corrected chi connectivity index (χ4v) is 4.94. The van der Waals surface area contributed by atoms with Crippen molar-refractivity contribution in [3.8, 4) is 0 Å². The van der Waals surface area contributed by atoms with Gasteiger partial charge in [0.15, 0.2) is 0 Å². The summed E-state index contributed by atoms with van der Waals surface area (Å²) >= 11 is 0. The summed E-state index contributed by atoms with van der Waals surface area (Å²) in [7, 11) is -2.83. The van der Waals surface area contributed by atoms with Gasteiger partial charge in [-0.25, -0.2) is 0 Å². The third-order valence-electron chi connectivity index (χ3n) is 3.22. The van der Waals surface area contributed by atoms with Gasteiger partial charge in [0.05, 0.1) is 0 Å². The van der Waals surface area contributed by atoms with Crippen LogP contribution in [0, 0.1) is 0 Å². The normalized spacial score (nSPS) is 14.5. The molecule has 0 aliphatic carbocycles. The van der Waals surface area contributed by atoms with Crippen molar-refractivity contribution in [2.75, 3.05) is 13.2 Å². The molecule has 0 saturated carbocycles.